The smallest absolute Gasteiger partial charge is 0.0545 e. The van der Waals surface area contributed by atoms with E-state index in [1.54, 1.807) is 0 Å². The molecule has 0 rings (SSSR count). The molecule has 3 nitrogen and oxygen atoms in total. The number of hydrogen-bond donors (Lipinski definition) is 1. The van der Waals surface area contributed by atoms with E-state index in [9.17, 15) is 9.42 Å². The fourth-order valence-corrected chi connectivity index (χ4v) is 3.43. The second kappa shape index (κ2) is 5.81. The van der Waals surface area contributed by atoms with E-state index in [1.165, 1.54) is 5.06 Å². The fraction of sp³-hybridized carbons (Fsp3) is 1.00. The molecule has 0 aliphatic carbocycles. The minimum atomic E-state index is -0.905. The largest absolute Gasteiger partial charge is 0.313 e. The second-order valence-corrected chi connectivity index (χ2v) is 8.78. The van der Waals surface area contributed by atoms with Crippen LogP contribution < -0.4 is 0 Å². The fourth-order valence-electron chi connectivity index (χ4n) is 2.09. The van der Waals surface area contributed by atoms with Crippen LogP contribution in [0.25, 0.3) is 0 Å². The first-order valence-electron chi connectivity index (χ1n) is 6.28. The zero-order valence-electron chi connectivity index (χ0n) is 12.6. The third kappa shape index (κ3) is 4.68. The van der Waals surface area contributed by atoms with E-state index in [0.717, 1.165) is 0 Å². The van der Waals surface area contributed by atoms with Gasteiger partial charge in [0.1, 0.15) is 0 Å². The minimum Gasteiger partial charge on any atom is -0.313 e. The predicted octanol–water partition coefficient (Wildman–Crippen LogP) is 3.05. The third-order valence-electron chi connectivity index (χ3n) is 2.98. The predicted molar refractivity (Wildman–Crippen MR) is 74.8 cm³/mol. The number of hydroxylamine groups is 2. The quantitative estimate of drug-likeness (QED) is 0.793. The summed E-state index contributed by atoms with van der Waals surface area (Å²) < 4.78 is 12.0. The molecule has 0 heterocycles. The summed E-state index contributed by atoms with van der Waals surface area (Å²) in [4.78, 5) is 0. The summed E-state index contributed by atoms with van der Waals surface area (Å²) in [5, 5.41) is 11.7. The molecule has 0 aromatic heterocycles. The van der Waals surface area contributed by atoms with Gasteiger partial charge in [0.25, 0.3) is 0 Å². The Kier molecular flexibility index (Phi) is 5.83. The normalized spacial score (nSPS) is 19.2. The van der Waals surface area contributed by atoms with E-state index in [0.29, 0.717) is 5.75 Å². The van der Waals surface area contributed by atoms with Gasteiger partial charge in [-0.2, -0.15) is 5.06 Å². The van der Waals surface area contributed by atoms with Gasteiger partial charge >= 0.3 is 0 Å². The molecule has 3 unspecified atom stereocenters. The topological polar surface area (TPSA) is 40.5 Å². The lowest BCUT2D eigenvalue weighted by molar-refractivity contribution is -0.208. The molecule has 0 spiro atoms. The lowest BCUT2D eigenvalue weighted by Gasteiger charge is -2.45. The van der Waals surface area contributed by atoms with Crippen LogP contribution in [-0.2, 0) is 10.8 Å². The molecule has 0 saturated carbocycles. The lowest BCUT2D eigenvalue weighted by atomic mass is 9.83. The molecule has 0 saturated heterocycles. The van der Waals surface area contributed by atoms with E-state index in [2.05, 4.69) is 20.8 Å². The SMILES string of the molecule is CCS(=O)C(C)C(N(O)C(C)(C)C)C(C)(C)C. The molecule has 0 radical (unpaired) electrons. The van der Waals surface area contributed by atoms with Gasteiger partial charge in [0.2, 0.25) is 0 Å². The molecule has 104 valence electrons. The standard InChI is InChI=1S/C13H29NO2S/c1-9-17(16)10(2)11(12(3,4)5)14(15)13(6,7)8/h10-11,15H,9H2,1-8H3. The maximum absolute atomic E-state index is 12.0. The molecule has 0 amide bonds. The van der Waals surface area contributed by atoms with E-state index < -0.39 is 10.8 Å². The molecular weight excluding hydrogens is 234 g/mol. The molecule has 3 atom stereocenters. The molecule has 0 aromatic carbocycles. The van der Waals surface area contributed by atoms with Gasteiger partial charge in [-0.1, -0.05) is 27.7 Å². The molecule has 0 aliphatic heterocycles. The first kappa shape index (κ1) is 17.1. The van der Waals surface area contributed by atoms with Crippen LogP contribution in [-0.4, -0.2) is 37.1 Å². The van der Waals surface area contributed by atoms with Gasteiger partial charge in [-0.05, 0) is 33.1 Å². The van der Waals surface area contributed by atoms with Gasteiger partial charge in [0.15, 0.2) is 0 Å². The van der Waals surface area contributed by atoms with Crippen molar-refractivity contribution in [2.75, 3.05) is 5.75 Å². The molecular formula is C13H29NO2S. The Morgan fingerprint density at radius 1 is 1.18 bits per heavy atom. The van der Waals surface area contributed by atoms with E-state index in [4.69, 9.17) is 0 Å². The Bertz CT molecular complexity index is 266. The molecule has 0 fully saturated rings. The highest BCUT2D eigenvalue weighted by Gasteiger charge is 2.40. The van der Waals surface area contributed by atoms with Crippen LogP contribution in [0, 0.1) is 5.41 Å². The van der Waals surface area contributed by atoms with Crippen molar-refractivity contribution < 1.29 is 9.42 Å². The van der Waals surface area contributed by atoms with Crippen molar-refractivity contribution in [2.45, 2.75) is 72.2 Å². The number of hydrogen-bond acceptors (Lipinski definition) is 3. The summed E-state index contributed by atoms with van der Waals surface area (Å²) in [7, 11) is -0.905. The molecule has 0 aliphatic rings. The van der Waals surface area contributed by atoms with Crippen LogP contribution in [0.15, 0.2) is 0 Å². The zero-order chi connectivity index (χ0) is 14.0. The van der Waals surface area contributed by atoms with E-state index >= 15 is 0 Å². The van der Waals surface area contributed by atoms with Crippen molar-refractivity contribution in [1.82, 2.24) is 5.06 Å². The van der Waals surface area contributed by atoms with E-state index in [-0.39, 0.29) is 22.2 Å². The second-order valence-electron chi connectivity index (χ2n) is 6.70. The third-order valence-corrected chi connectivity index (χ3v) is 4.64. The van der Waals surface area contributed by atoms with Crippen LogP contribution in [0.4, 0.5) is 0 Å². The summed E-state index contributed by atoms with van der Waals surface area (Å²) in [6.45, 7) is 16.0. The molecule has 0 bridgehead atoms. The maximum atomic E-state index is 12.0. The van der Waals surface area contributed by atoms with Gasteiger partial charge in [-0.25, -0.2) is 0 Å². The Morgan fingerprint density at radius 2 is 1.59 bits per heavy atom. The summed E-state index contributed by atoms with van der Waals surface area (Å²) in [5.41, 5.74) is -0.462. The van der Waals surface area contributed by atoms with Crippen LogP contribution in [0.3, 0.4) is 0 Å². The number of rotatable bonds is 4. The summed E-state index contributed by atoms with van der Waals surface area (Å²) >= 11 is 0. The van der Waals surface area contributed by atoms with Gasteiger partial charge in [0, 0.05) is 22.1 Å². The Labute approximate surface area is 109 Å². The molecule has 1 N–H and O–H groups in total. The highest BCUT2D eigenvalue weighted by Crippen LogP contribution is 2.32. The molecule has 4 heteroatoms. The first-order chi connectivity index (χ1) is 7.42. The minimum absolute atomic E-state index is 0.0516. The van der Waals surface area contributed by atoms with Crippen LogP contribution in [0.2, 0.25) is 0 Å². The average molecular weight is 263 g/mol. The van der Waals surface area contributed by atoms with Crippen molar-refractivity contribution in [3.63, 3.8) is 0 Å². The van der Waals surface area contributed by atoms with Crippen molar-refractivity contribution in [1.29, 1.82) is 0 Å². The van der Waals surface area contributed by atoms with Crippen molar-refractivity contribution in [2.24, 2.45) is 5.41 Å². The van der Waals surface area contributed by atoms with Crippen molar-refractivity contribution in [3.8, 4) is 0 Å². The van der Waals surface area contributed by atoms with Gasteiger partial charge in [-0.15, -0.1) is 0 Å². The highest BCUT2D eigenvalue weighted by atomic mass is 32.2. The maximum Gasteiger partial charge on any atom is 0.0545 e. The number of nitrogens with zero attached hydrogens (tertiary/aromatic N) is 1. The van der Waals surface area contributed by atoms with Gasteiger partial charge in [0.05, 0.1) is 11.3 Å². The summed E-state index contributed by atoms with van der Waals surface area (Å²) in [6.07, 6.45) is 0. The zero-order valence-corrected chi connectivity index (χ0v) is 13.4. The highest BCUT2D eigenvalue weighted by molar-refractivity contribution is 7.85. The van der Waals surface area contributed by atoms with Gasteiger partial charge in [-0.3, -0.25) is 4.21 Å². The lowest BCUT2D eigenvalue weighted by Crippen LogP contribution is -2.57. The monoisotopic (exact) mass is 263 g/mol. The first-order valence-corrected chi connectivity index (χ1v) is 7.66. The van der Waals surface area contributed by atoms with Crippen LogP contribution in [0.5, 0.6) is 0 Å². The Morgan fingerprint density at radius 3 is 1.82 bits per heavy atom. The summed E-state index contributed by atoms with van der Waals surface area (Å²) in [6, 6.07) is -0.122. The Balaban J connectivity index is 5.24. The van der Waals surface area contributed by atoms with Crippen LogP contribution >= 0.6 is 0 Å². The average Bonchev–Trinajstić information content (AvgIpc) is 2.12. The molecule has 17 heavy (non-hydrogen) atoms. The van der Waals surface area contributed by atoms with E-state index in [1.807, 2.05) is 34.6 Å². The molecule has 0 aromatic rings. The van der Waals surface area contributed by atoms with Crippen LogP contribution in [0.1, 0.15) is 55.4 Å². The Hall–Kier alpha value is 0.0700. The summed E-state index contributed by atoms with van der Waals surface area (Å²) in [5.74, 6) is 0.631. The van der Waals surface area contributed by atoms with Crippen molar-refractivity contribution in [3.05, 3.63) is 0 Å². The van der Waals surface area contributed by atoms with Crippen molar-refractivity contribution >= 4 is 10.8 Å². The van der Waals surface area contributed by atoms with Gasteiger partial charge < -0.3 is 5.21 Å².